The van der Waals surface area contributed by atoms with Crippen LogP contribution in [0.25, 0.3) is 0 Å². The lowest BCUT2D eigenvalue weighted by Crippen LogP contribution is -2.24. The van der Waals surface area contributed by atoms with Crippen molar-refractivity contribution in [3.8, 4) is 6.07 Å². The summed E-state index contributed by atoms with van der Waals surface area (Å²) in [6, 6.07) is 1.98. The summed E-state index contributed by atoms with van der Waals surface area (Å²) in [7, 11) is 0. The van der Waals surface area contributed by atoms with E-state index >= 15 is 0 Å². The average Bonchev–Trinajstić information content (AvgIpc) is 1.31. The Morgan fingerprint density at radius 3 is 2.50 bits per heavy atom. The second kappa shape index (κ2) is 1.27. The van der Waals surface area contributed by atoms with Crippen LogP contribution in [0.5, 0.6) is 0 Å². The Kier molecular flexibility index (Phi) is 0.771. The minimum absolute atomic E-state index is 0.0787. The van der Waals surface area contributed by atoms with Gasteiger partial charge >= 0.3 is 0 Å². The summed E-state index contributed by atoms with van der Waals surface area (Å²) < 4.78 is 4.72. The SMILES string of the molecule is N#CC1CCO1. The number of nitrogens with zero attached hydrogens (tertiary/aromatic N) is 1. The summed E-state index contributed by atoms with van der Waals surface area (Å²) >= 11 is 0. The molecule has 0 aromatic heterocycles. The van der Waals surface area contributed by atoms with E-state index in [4.69, 9.17) is 10.00 Å². The van der Waals surface area contributed by atoms with E-state index in [0.717, 1.165) is 13.0 Å². The second-order valence-electron chi connectivity index (χ2n) is 1.28. The Balaban J connectivity index is 2.22. The van der Waals surface area contributed by atoms with Crippen molar-refractivity contribution in [3.05, 3.63) is 0 Å². The van der Waals surface area contributed by atoms with Crippen molar-refractivity contribution in [2.45, 2.75) is 12.5 Å². The Morgan fingerprint density at radius 1 is 1.83 bits per heavy atom. The van der Waals surface area contributed by atoms with E-state index in [1.165, 1.54) is 0 Å². The molecular weight excluding hydrogens is 78.0 g/mol. The topological polar surface area (TPSA) is 33.0 Å². The van der Waals surface area contributed by atoms with Crippen molar-refractivity contribution in [2.75, 3.05) is 6.61 Å². The van der Waals surface area contributed by atoms with Crippen molar-refractivity contribution >= 4 is 0 Å². The molecule has 1 aliphatic rings. The van der Waals surface area contributed by atoms with Crippen LogP contribution in [0.15, 0.2) is 0 Å². The highest BCUT2D eigenvalue weighted by Gasteiger charge is 2.15. The molecule has 6 heavy (non-hydrogen) atoms. The lowest BCUT2D eigenvalue weighted by Gasteiger charge is -2.17. The van der Waals surface area contributed by atoms with Crippen LogP contribution in [0.4, 0.5) is 0 Å². The van der Waals surface area contributed by atoms with Crippen LogP contribution in [0.3, 0.4) is 0 Å². The second-order valence-corrected chi connectivity index (χ2v) is 1.28. The van der Waals surface area contributed by atoms with Gasteiger partial charge < -0.3 is 4.74 Å². The van der Waals surface area contributed by atoms with E-state index in [0.29, 0.717) is 0 Å². The van der Waals surface area contributed by atoms with Crippen molar-refractivity contribution in [1.82, 2.24) is 0 Å². The first-order valence-electron chi connectivity index (χ1n) is 1.94. The largest absolute Gasteiger partial charge is 0.363 e. The fourth-order valence-corrected chi connectivity index (χ4v) is 0.338. The number of ether oxygens (including phenoxy) is 1. The van der Waals surface area contributed by atoms with Gasteiger partial charge in [-0.25, -0.2) is 0 Å². The predicted octanol–water partition coefficient (Wildman–Crippen LogP) is 0.299. The van der Waals surface area contributed by atoms with Crippen LogP contribution in [0, 0.1) is 11.3 Å². The maximum atomic E-state index is 8.01. The summed E-state index contributed by atoms with van der Waals surface area (Å²) in [4.78, 5) is 0. The monoisotopic (exact) mass is 83.0 g/mol. The zero-order chi connectivity index (χ0) is 4.41. The van der Waals surface area contributed by atoms with E-state index in [2.05, 4.69) is 0 Å². The fraction of sp³-hybridized carbons (Fsp3) is 0.750. The zero-order valence-electron chi connectivity index (χ0n) is 3.35. The molecule has 1 rings (SSSR count). The third-order valence-electron chi connectivity index (χ3n) is 0.843. The molecule has 0 spiro atoms. The maximum absolute atomic E-state index is 8.01. The quantitative estimate of drug-likeness (QED) is 0.422. The summed E-state index contributed by atoms with van der Waals surface area (Å²) in [5.74, 6) is 0. The van der Waals surface area contributed by atoms with E-state index in [1.54, 1.807) is 0 Å². The summed E-state index contributed by atoms with van der Waals surface area (Å²) in [5.41, 5.74) is 0. The van der Waals surface area contributed by atoms with E-state index in [9.17, 15) is 0 Å². The number of hydrogen-bond donors (Lipinski definition) is 0. The molecule has 2 heteroatoms. The molecular formula is C4H5NO. The first-order chi connectivity index (χ1) is 2.93. The molecule has 1 heterocycles. The van der Waals surface area contributed by atoms with Crippen molar-refractivity contribution in [3.63, 3.8) is 0 Å². The molecule has 0 bridgehead atoms. The predicted molar refractivity (Wildman–Crippen MR) is 20.0 cm³/mol. The molecule has 0 amide bonds. The van der Waals surface area contributed by atoms with Crippen LogP contribution in [-0.2, 0) is 4.74 Å². The van der Waals surface area contributed by atoms with Crippen LogP contribution in [0.2, 0.25) is 0 Å². The Hall–Kier alpha value is -0.550. The minimum Gasteiger partial charge on any atom is -0.363 e. The smallest absolute Gasteiger partial charge is 0.146 e. The van der Waals surface area contributed by atoms with Crippen molar-refractivity contribution in [2.24, 2.45) is 0 Å². The minimum atomic E-state index is -0.0787. The fourth-order valence-electron chi connectivity index (χ4n) is 0.338. The summed E-state index contributed by atoms with van der Waals surface area (Å²) in [6.07, 6.45) is 0.848. The third-order valence-corrected chi connectivity index (χ3v) is 0.843. The van der Waals surface area contributed by atoms with Crippen LogP contribution >= 0.6 is 0 Å². The number of hydrogen-bond acceptors (Lipinski definition) is 2. The molecule has 0 aliphatic carbocycles. The van der Waals surface area contributed by atoms with Gasteiger partial charge in [0.15, 0.2) is 0 Å². The van der Waals surface area contributed by atoms with Gasteiger partial charge in [0, 0.05) is 6.42 Å². The molecule has 1 aliphatic heterocycles. The molecule has 0 radical (unpaired) electrons. The molecule has 0 aromatic carbocycles. The first kappa shape index (κ1) is 3.63. The van der Waals surface area contributed by atoms with Gasteiger partial charge in [-0.2, -0.15) is 5.26 Å². The van der Waals surface area contributed by atoms with Gasteiger partial charge in [-0.3, -0.25) is 0 Å². The molecule has 2 nitrogen and oxygen atoms in total. The van der Waals surface area contributed by atoms with Crippen molar-refractivity contribution < 1.29 is 4.74 Å². The molecule has 32 valence electrons. The van der Waals surface area contributed by atoms with Crippen LogP contribution in [0.1, 0.15) is 6.42 Å². The van der Waals surface area contributed by atoms with Gasteiger partial charge in [0.05, 0.1) is 12.7 Å². The lowest BCUT2D eigenvalue weighted by atomic mass is 10.2. The van der Waals surface area contributed by atoms with Gasteiger partial charge in [-0.15, -0.1) is 0 Å². The van der Waals surface area contributed by atoms with Gasteiger partial charge in [0.25, 0.3) is 0 Å². The van der Waals surface area contributed by atoms with E-state index in [1.807, 2.05) is 6.07 Å². The Bertz CT molecular complexity index is 80.0. The molecule has 0 aromatic rings. The molecule has 1 atom stereocenters. The highest BCUT2D eigenvalue weighted by Crippen LogP contribution is 2.07. The zero-order valence-corrected chi connectivity index (χ0v) is 3.35. The van der Waals surface area contributed by atoms with E-state index in [-0.39, 0.29) is 6.10 Å². The van der Waals surface area contributed by atoms with Gasteiger partial charge in [0.2, 0.25) is 0 Å². The summed E-state index contributed by atoms with van der Waals surface area (Å²) in [5, 5.41) is 8.01. The molecule has 1 saturated heterocycles. The first-order valence-corrected chi connectivity index (χ1v) is 1.94. The average molecular weight is 83.1 g/mol. The van der Waals surface area contributed by atoms with Gasteiger partial charge in [-0.05, 0) is 0 Å². The third kappa shape index (κ3) is 0.373. The molecule has 1 fully saturated rings. The molecule has 0 N–H and O–H groups in total. The Labute approximate surface area is 36.3 Å². The maximum Gasteiger partial charge on any atom is 0.146 e. The van der Waals surface area contributed by atoms with Gasteiger partial charge in [0.1, 0.15) is 6.10 Å². The Morgan fingerprint density at radius 2 is 2.50 bits per heavy atom. The summed E-state index contributed by atoms with van der Waals surface area (Å²) in [6.45, 7) is 0.776. The normalized spacial score (nSPS) is 30.8. The highest BCUT2D eigenvalue weighted by atomic mass is 16.5. The standard InChI is InChI=1S/C4H5NO/c5-3-4-1-2-6-4/h4H,1-2H2. The molecule has 1 unspecified atom stereocenters. The van der Waals surface area contributed by atoms with Gasteiger partial charge in [-0.1, -0.05) is 0 Å². The van der Waals surface area contributed by atoms with Crippen LogP contribution in [-0.4, -0.2) is 12.7 Å². The van der Waals surface area contributed by atoms with E-state index < -0.39 is 0 Å². The highest BCUT2D eigenvalue weighted by molar-refractivity contribution is 4.88. The number of nitriles is 1. The molecule has 0 saturated carbocycles. The number of rotatable bonds is 0. The van der Waals surface area contributed by atoms with Crippen molar-refractivity contribution in [1.29, 1.82) is 5.26 Å². The van der Waals surface area contributed by atoms with Crippen LogP contribution < -0.4 is 0 Å². The lowest BCUT2D eigenvalue weighted by molar-refractivity contribution is -0.0135.